The number of hydrogen-bond donors (Lipinski definition) is 2. The lowest BCUT2D eigenvalue weighted by atomic mass is 10.2. The van der Waals surface area contributed by atoms with Crippen molar-refractivity contribution in [3.63, 3.8) is 0 Å². The van der Waals surface area contributed by atoms with Crippen LogP contribution >= 0.6 is 28.3 Å². The molecule has 1 saturated heterocycles. The summed E-state index contributed by atoms with van der Waals surface area (Å²) in [4.78, 5) is 0.304. The standard InChI is InChI=1S/C12H17BrN2O2S.ClH/c1-9-4-5-11(7-12(9)13)18(16,17)15-8-10-3-2-6-14-10;/h4-5,7,10,14-15H,2-3,6,8H2,1H3;1H. The van der Waals surface area contributed by atoms with Crippen LogP contribution in [-0.4, -0.2) is 27.5 Å². The van der Waals surface area contributed by atoms with Gasteiger partial charge in [-0.15, -0.1) is 12.4 Å². The third-order valence-corrected chi connectivity index (χ3v) is 5.41. The monoisotopic (exact) mass is 368 g/mol. The van der Waals surface area contributed by atoms with Crippen molar-refractivity contribution in [1.82, 2.24) is 10.0 Å². The highest BCUT2D eigenvalue weighted by molar-refractivity contribution is 9.10. The topological polar surface area (TPSA) is 58.2 Å². The first-order chi connectivity index (χ1) is 8.49. The molecule has 4 nitrogen and oxygen atoms in total. The van der Waals surface area contributed by atoms with Crippen molar-refractivity contribution >= 4 is 38.4 Å². The highest BCUT2D eigenvalue weighted by Crippen LogP contribution is 2.20. The number of rotatable bonds is 4. The minimum absolute atomic E-state index is 0. The quantitative estimate of drug-likeness (QED) is 0.855. The van der Waals surface area contributed by atoms with Gasteiger partial charge in [-0.1, -0.05) is 22.0 Å². The van der Waals surface area contributed by atoms with Crippen LogP contribution in [0.15, 0.2) is 27.6 Å². The summed E-state index contributed by atoms with van der Waals surface area (Å²) in [5.74, 6) is 0. The molecule has 1 fully saturated rings. The molecule has 2 N–H and O–H groups in total. The molecule has 2 rings (SSSR count). The summed E-state index contributed by atoms with van der Waals surface area (Å²) in [6, 6.07) is 5.32. The van der Waals surface area contributed by atoms with E-state index in [1.54, 1.807) is 18.2 Å². The normalized spacial score (nSPS) is 19.2. The number of hydrogen-bond acceptors (Lipinski definition) is 3. The molecule has 1 unspecified atom stereocenters. The van der Waals surface area contributed by atoms with Crippen LogP contribution in [0.3, 0.4) is 0 Å². The fraction of sp³-hybridized carbons (Fsp3) is 0.500. The second-order valence-corrected chi connectivity index (χ2v) is 7.18. The first kappa shape index (κ1) is 16.9. The van der Waals surface area contributed by atoms with Crippen molar-refractivity contribution in [2.75, 3.05) is 13.1 Å². The number of halogens is 2. The van der Waals surface area contributed by atoms with Gasteiger partial charge in [-0.2, -0.15) is 0 Å². The van der Waals surface area contributed by atoms with Gasteiger partial charge in [-0.05, 0) is 44.0 Å². The number of sulfonamides is 1. The molecule has 7 heteroatoms. The predicted octanol–water partition coefficient (Wildman–Crippen LogP) is 2.21. The maximum Gasteiger partial charge on any atom is 0.240 e. The maximum absolute atomic E-state index is 12.1. The van der Waals surface area contributed by atoms with E-state index in [4.69, 9.17) is 0 Å². The fourth-order valence-electron chi connectivity index (χ4n) is 1.97. The molecule has 1 atom stereocenters. The Balaban J connectivity index is 0.00000180. The molecule has 1 aromatic rings. The Morgan fingerprint density at radius 1 is 1.47 bits per heavy atom. The zero-order valence-electron chi connectivity index (χ0n) is 10.6. The summed E-state index contributed by atoms with van der Waals surface area (Å²) in [6.07, 6.45) is 2.14. The summed E-state index contributed by atoms with van der Waals surface area (Å²) in [6.45, 7) is 3.35. The number of nitrogens with one attached hydrogen (secondary N) is 2. The molecule has 0 amide bonds. The maximum atomic E-state index is 12.1. The second kappa shape index (κ2) is 7.04. The van der Waals surface area contributed by atoms with Crippen molar-refractivity contribution in [3.8, 4) is 0 Å². The summed E-state index contributed by atoms with van der Waals surface area (Å²) < 4.78 is 27.6. The van der Waals surface area contributed by atoms with Crippen LogP contribution in [0, 0.1) is 6.92 Å². The van der Waals surface area contributed by atoms with Gasteiger partial charge in [0.1, 0.15) is 0 Å². The lowest BCUT2D eigenvalue weighted by molar-refractivity contribution is 0.552. The van der Waals surface area contributed by atoms with Crippen molar-refractivity contribution in [3.05, 3.63) is 28.2 Å². The zero-order valence-corrected chi connectivity index (χ0v) is 13.9. The molecule has 108 valence electrons. The average Bonchev–Trinajstić information content (AvgIpc) is 2.83. The third-order valence-electron chi connectivity index (χ3n) is 3.14. The summed E-state index contributed by atoms with van der Waals surface area (Å²) >= 11 is 3.35. The first-order valence-corrected chi connectivity index (χ1v) is 8.26. The lowest BCUT2D eigenvalue weighted by Crippen LogP contribution is -2.37. The number of benzene rings is 1. The van der Waals surface area contributed by atoms with Gasteiger partial charge in [0.25, 0.3) is 0 Å². The molecule has 19 heavy (non-hydrogen) atoms. The van der Waals surface area contributed by atoms with Gasteiger partial charge < -0.3 is 5.32 Å². The molecule has 0 aromatic heterocycles. The Labute approximate surface area is 128 Å². The van der Waals surface area contributed by atoms with E-state index in [-0.39, 0.29) is 18.4 Å². The largest absolute Gasteiger partial charge is 0.313 e. The molecule has 0 aliphatic carbocycles. The van der Waals surface area contributed by atoms with Gasteiger partial charge in [0.05, 0.1) is 4.90 Å². The second-order valence-electron chi connectivity index (χ2n) is 4.56. The van der Waals surface area contributed by atoms with Crippen LogP contribution in [-0.2, 0) is 10.0 Å². The minimum Gasteiger partial charge on any atom is -0.313 e. The highest BCUT2D eigenvalue weighted by atomic mass is 79.9. The SMILES string of the molecule is Cc1ccc(S(=O)(=O)NCC2CCCN2)cc1Br.Cl. The predicted molar refractivity (Wildman–Crippen MR) is 82.3 cm³/mol. The Hall–Kier alpha value is -0.140. The van der Waals surface area contributed by atoms with Gasteiger partial charge in [0.15, 0.2) is 0 Å². The summed E-state index contributed by atoms with van der Waals surface area (Å²) in [5, 5.41) is 3.26. The summed E-state index contributed by atoms with van der Waals surface area (Å²) in [5.41, 5.74) is 1.02. The van der Waals surface area contributed by atoms with Crippen molar-refractivity contribution in [2.24, 2.45) is 0 Å². The van der Waals surface area contributed by atoms with E-state index in [1.807, 2.05) is 6.92 Å². The van der Waals surface area contributed by atoms with Gasteiger partial charge in [0, 0.05) is 17.1 Å². The van der Waals surface area contributed by atoms with Crippen LogP contribution < -0.4 is 10.0 Å². The highest BCUT2D eigenvalue weighted by Gasteiger charge is 2.19. The van der Waals surface area contributed by atoms with Gasteiger partial charge in [-0.25, -0.2) is 13.1 Å². The Bertz CT molecular complexity index is 531. The van der Waals surface area contributed by atoms with E-state index in [1.165, 1.54) is 0 Å². The van der Waals surface area contributed by atoms with Crippen LogP contribution in [0.2, 0.25) is 0 Å². The molecule has 1 aromatic carbocycles. The van der Waals surface area contributed by atoms with Crippen LogP contribution in [0.25, 0.3) is 0 Å². The van der Waals surface area contributed by atoms with Crippen LogP contribution in [0.1, 0.15) is 18.4 Å². The molecular formula is C12H18BrClN2O2S. The molecule has 1 aliphatic heterocycles. The molecule has 1 aliphatic rings. The van der Waals surface area contributed by atoms with E-state index < -0.39 is 10.0 Å². The van der Waals surface area contributed by atoms with Crippen molar-refractivity contribution in [1.29, 1.82) is 0 Å². The van der Waals surface area contributed by atoms with E-state index in [2.05, 4.69) is 26.0 Å². The molecule has 0 radical (unpaired) electrons. The molecule has 0 bridgehead atoms. The molecule has 0 spiro atoms. The van der Waals surface area contributed by atoms with E-state index in [0.717, 1.165) is 29.4 Å². The molecule has 1 heterocycles. The van der Waals surface area contributed by atoms with E-state index in [0.29, 0.717) is 11.4 Å². The Morgan fingerprint density at radius 3 is 2.79 bits per heavy atom. The number of aryl methyl sites for hydroxylation is 1. The van der Waals surface area contributed by atoms with Crippen molar-refractivity contribution < 1.29 is 8.42 Å². The summed E-state index contributed by atoms with van der Waals surface area (Å²) in [7, 11) is -3.41. The van der Waals surface area contributed by atoms with Gasteiger partial charge >= 0.3 is 0 Å². The molecular weight excluding hydrogens is 352 g/mol. The van der Waals surface area contributed by atoms with Crippen LogP contribution in [0.5, 0.6) is 0 Å². The lowest BCUT2D eigenvalue weighted by Gasteiger charge is -2.12. The van der Waals surface area contributed by atoms with E-state index >= 15 is 0 Å². The molecule has 0 saturated carbocycles. The smallest absolute Gasteiger partial charge is 0.240 e. The van der Waals surface area contributed by atoms with Crippen molar-refractivity contribution in [2.45, 2.75) is 30.7 Å². The first-order valence-electron chi connectivity index (χ1n) is 5.98. The third kappa shape index (κ3) is 4.43. The van der Waals surface area contributed by atoms with Gasteiger partial charge in [0.2, 0.25) is 10.0 Å². The Morgan fingerprint density at radius 2 is 2.21 bits per heavy atom. The Kier molecular flexibility index (Phi) is 6.26. The van der Waals surface area contributed by atoms with Crippen LogP contribution in [0.4, 0.5) is 0 Å². The minimum atomic E-state index is -3.41. The van der Waals surface area contributed by atoms with E-state index in [9.17, 15) is 8.42 Å². The van der Waals surface area contributed by atoms with Gasteiger partial charge in [-0.3, -0.25) is 0 Å². The fourth-order valence-corrected chi connectivity index (χ4v) is 3.60. The average molecular weight is 370 g/mol. The zero-order chi connectivity index (χ0) is 13.2.